The SMILES string of the molecule is CC(C)OCCOCC(=O)NCC1CCNCC1. The summed E-state index contributed by atoms with van der Waals surface area (Å²) in [6, 6.07) is 0. The van der Waals surface area contributed by atoms with E-state index in [0.717, 1.165) is 32.5 Å². The van der Waals surface area contributed by atoms with Crippen molar-refractivity contribution in [3.8, 4) is 0 Å². The van der Waals surface area contributed by atoms with Crippen molar-refractivity contribution in [2.75, 3.05) is 39.5 Å². The summed E-state index contributed by atoms with van der Waals surface area (Å²) in [5, 5.41) is 6.23. The molecular formula is C13H26N2O3. The van der Waals surface area contributed by atoms with Gasteiger partial charge >= 0.3 is 0 Å². The summed E-state index contributed by atoms with van der Waals surface area (Å²) in [5.74, 6) is 0.581. The fourth-order valence-corrected chi connectivity index (χ4v) is 1.90. The summed E-state index contributed by atoms with van der Waals surface area (Å²) in [5.41, 5.74) is 0. The van der Waals surface area contributed by atoms with Gasteiger partial charge in [-0.25, -0.2) is 0 Å². The minimum Gasteiger partial charge on any atom is -0.376 e. The number of amides is 1. The van der Waals surface area contributed by atoms with Gasteiger partial charge in [0.05, 0.1) is 19.3 Å². The van der Waals surface area contributed by atoms with Crippen molar-refractivity contribution < 1.29 is 14.3 Å². The molecule has 0 aromatic heterocycles. The van der Waals surface area contributed by atoms with Crippen molar-refractivity contribution in [3.63, 3.8) is 0 Å². The fraction of sp³-hybridized carbons (Fsp3) is 0.923. The third-order valence-corrected chi connectivity index (χ3v) is 2.96. The first-order chi connectivity index (χ1) is 8.68. The maximum Gasteiger partial charge on any atom is 0.246 e. The molecule has 0 saturated carbocycles. The molecule has 1 aliphatic rings. The van der Waals surface area contributed by atoms with Gasteiger partial charge in [-0.1, -0.05) is 0 Å². The molecule has 0 spiro atoms. The first kappa shape index (κ1) is 15.4. The minimum atomic E-state index is -0.0296. The minimum absolute atomic E-state index is 0.0296. The number of hydrogen-bond donors (Lipinski definition) is 2. The molecule has 1 fully saturated rings. The van der Waals surface area contributed by atoms with Gasteiger partial charge in [0.2, 0.25) is 5.91 Å². The van der Waals surface area contributed by atoms with Crippen molar-refractivity contribution in [3.05, 3.63) is 0 Å². The highest BCUT2D eigenvalue weighted by Gasteiger charge is 2.13. The number of piperidine rings is 1. The molecule has 5 nitrogen and oxygen atoms in total. The van der Waals surface area contributed by atoms with Crippen molar-refractivity contribution in [1.82, 2.24) is 10.6 Å². The smallest absolute Gasteiger partial charge is 0.246 e. The molecule has 0 aliphatic carbocycles. The number of nitrogens with one attached hydrogen (secondary N) is 2. The maximum absolute atomic E-state index is 11.5. The summed E-state index contributed by atoms with van der Waals surface area (Å²) in [6.07, 6.45) is 2.49. The van der Waals surface area contributed by atoms with E-state index in [9.17, 15) is 4.79 Å². The Morgan fingerprint density at radius 3 is 2.72 bits per heavy atom. The van der Waals surface area contributed by atoms with Crippen LogP contribution < -0.4 is 10.6 Å². The van der Waals surface area contributed by atoms with E-state index in [1.54, 1.807) is 0 Å². The van der Waals surface area contributed by atoms with Crippen LogP contribution >= 0.6 is 0 Å². The second-order valence-corrected chi connectivity index (χ2v) is 4.97. The molecule has 5 heteroatoms. The highest BCUT2D eigenvalue weighted by molar-refractivity contribution is 5.77. The lowest BCUT2D eigenvalue weighted by Crippen LogP contribution is -2.37. The van der Waals surface area contributed by atoms with E-state index in [4.69, 9.17) is 9.47 Å². The van der Waals surface area contributed by atoms with Crippen LogP contribution in [0.3, 0.4) is 0 Å². The van der Waals surface area contributed by atoms with Crippen molar-refractivity contribution in [1.29, 1.82) is 0 Å². The number of hydrogen-bond acceptors (Lipinski definition) is 4. The van der Waals surface area contributed by atoms with Crippen molar-refractivity contribution >= 4 is 5.91 Å². The van der Waals surface area contributed by atoms with Crippen LogP contribution in [0.15, 0.2) is 0 Å². The molecule has 1 saturated heterocycles. The Balaban J connectivity index is 1.93. The highest BCUT2D eigenvalue weighted by atomic mass is 16.5. The van der Waals surface area contributed by atoms with Crippen LogP contribution in [0, 0.1) is 5.92 Å². The highest BCUT2D eigenvalue weighted by Crippen LogP contribution is 2.09. The molecule has 0 atom stereocenters. The summed E-state index contributed by atoms with van der Waals surface area (Å²) < 4.78 is 10.6. The summed E-state index contributed by atoms with van der Waals surface area (Å²) in [7, 11) is 0. The van der Waals surface area contributed by atoms with Gasteiger partial charge in [-0.05, 0) is 45.7 Å². The van der Waals surface area contributed by atoms with E-state index < -0.39 is 0 Å². The molecule has 2 N–H and O–H groups in total. The lowest BCUT2D eigenvalue weighted by atomic mass is 9.98. The molecule has 0 bridgehead atoms. The number of carbonyl (C=O) groups excluding carboxylic acids is 1. The van der Waals surface area contributed by atoms with Gasteiger partial charge in [-0.3, -0.25) is 4.79 Å². The van der Waals surface area contributed by atoms with E-state index in [2.05, 4.69) is 10.6 Å². The van der Waals surface area contributed by atoms with E-state index in [0.29, 0.717) is 19.1 Å². The maximum atomic E-state index is 11.5. The van der Waals surface area contributed by atoms with Crippen LogP contribution in [-0.2, 0) is 14.3 Å². The Morgan fingerprint density at radius 2 is 2.06 bits per heavy atom. The van der Waals surface area contributed by atoms with Crippen LogP contribution in [-0.4, -0.2) is 51.5 Å². The van der Waals surface area contributed by atoms with Crippen LogP contribution in [0.5, 0.6) is 0 Å². The Morgan fingerprint density at radius 1 is 1.33 bits per heavy atom. The first-order valence-corrected chi connectivity index (χ1v) is 6.85. The van der Waals surface area contributed by atoms with Crippen molar-refractivity contribution in [2.45, 2.75) is 32.8 Å². The molecule has 1 rings (SSSR count). The fourth-order valence-electron chi connectivity index (χ4n) is 1.90. The Labute approximate surface area is 110 Å². The average molecular weight is 258 g/mol. The van der Waals surface area contributed by atoms with Crippen LogP contribution in [0.4, 0.5) is 0 Å². The van der Waals surface area contributed by atoms with Crippen LogP contribution in [0.25, 0.3) is 0 Å². The van der Waals surface area contributed by atoms with Gasteiger partial charge in [0, 0.05) is 6.54 Å². The molecule has 1 aliphatic heterocycles. The average Bonchev–Trinajstić information content (AvgIpc) is 2.37. The zero-order valence-corrected chi connectivity index (χ0v) is 11.5. The third-order valence-electron chi connectivity index (χ3n) is 2.96. The molecule has 0 aromatic carbocycles. The van der Waals surface area contributed by atoms with E-state index in [1.165, 1.54) is 0 Å². The molecule has 1 amide bonds. The monoisotopic (exact) mass is 258 g/mol. The Kier molecular flexibility index (Phi) is 7.96. The number of rotatable bonds is 8. The Bertz CT molecular complexity index is 228. The topological polar surface area (TPSA) is 59.6 Å². The largest absolute Gasteiger partial charge is 0.376 e. The van der Waals surface area contributed by atoms with Crippen molar-refractivity contribution in [2.24, 2.45) is 5.92 Å². The number of carbonyl (C=O) groups is 1. The third kappa shape index (κ3) is 7.63. The Hall–Kier alpha value is -0.650. The quantitative estimate of drug-likeness (QED) is 0.624. The zero-order valence-electron chi connectivity index (χ0n) is 11.5. The van der Waals surface area contributed by atoms with Crippen LogP contribution in [0.1, 0.15) is 26.7 Å². The normalized spacial score (nSPS) is 17.1. The lowest BCUT2D eigenvalue weighted by Gasteiger charge is -2.22. The first-order valence-electron chi connectivity index (χ1n) is 6.85. The molecule has 106 valence electrons. The van der Waals surface area contributed by atoms with E-state index >= 15 is 0 Å². The standard InChI is InChI=1S/C13H26N2O3/c1-11(2)18-8-7-17-10-13(16)15-9-12-3-5-14-6-4-12/h11-12,14H,3-10H2,1-2H3,(H,15,16). The molecular weight excluding hydrogens is 232 g/mol. The zero-order chi connectivity index (χ0) is 13.2. The van der Waals surface area contributed by atoms with Gasteiger partial charge in [0.1, 0.15) is 6.61 Å². The van der Waals surface area contributed by atoms with Gasteiger partial charge in [0.15, 0.2) is 0 Å². The summed E-state index contributed by atoms with van der Waals surface area (Å²) in [6.45, 7) is 7.99. The van der Waals surface area contributed by atoms with Gasteiger partial charge in [0.25, 0.3) is 0 Å². The summed E-state index contributed by atoms with van der Waals surface area (Å²) in [4.78, 5) is 11.5. The molecule has 0 aromatic rings. The second-order valence-electron chi connectivity index (χ2n) is 4.97. The van der Waals surface area contributed by atoms with Crippen LogP contribution in [0.2, 0.25) is 0 Å². The van der Waals surface area contributed by atoms with Gasteiger partial charge < -0.3 is 20.1 Å². The van der Waals surface area contributed by atoms with E-state index in [1.807, 2.05) is 13.8 Å². The lowest BCUT2D eigenvalue weighted by molar-refractivity contribution is -0.126. The molecule has 1 heterocycles. The molecule has 0 unspecified atom stereocenters. The van der Waals surface area contributed by atoms with Gasteiger partial charge in [-0.2, -0.15) is 0 Å². The predicted octanol–water partition coefficient (Wildman–Crippen LogP) is 0.544. The molecule has 18 heavy (non-hydrogen) atoms. The number of ether oxygens (including phenoxy) is 2. The second kappa shape index (κ2) is 9.30. The van der Waals surface area contributed by atoms with Gasteiger partial charge in [-0.15, -0.1) is 0 Å². The summed E-state index contributed by atoms with van der Waals surface area (Å²) >= 11 is 0. The predicted molar refractivity (Wildman–Crippen MR) is 70.5 cm³/mol. The van der Waals surface area contributed by atoms with E-state index in [-0.39, 0.29) is 18.6 Å². The molecule has 0 radical (unpaired) electrons.